The van der Waals surface area contributed by atoms with Crippen molar-refractivity contribution in [2.45, 2.75) is 49.8 Å². The standard InChI is InChI=1S/C21H27ClF2N6O/c1-27-16-9-17(22)25-19(30-10-15-8-14(30)11-31-15)18(16)26-20(27)28-5-2-13(3-6-28)29-7-4-21(23,24)12-29/h9,13-15H,2-8,10-12H2,1H3/t14-,15-/m1/s1. The van der Waals surface area contributed by atoms with Gasteiger partial charge < -0.3 is 19.1 Å². The fourth-order valence-corrected chi connectivity index (χ4v) is 5.96. The van der Waals surface area contributed by atoms with Crippen LogP contribution in [0.15, 0.2) is 6.07 Å². The van der Waals surface area contributed by atoms with Gasteiger partial charge in [-0.3, -0.25) is 4.90 Å². The van der Waals surface area contributed by atoms with Crippen molar-refractivity contribution in [2.24, 2.45) is 7.05 Å². The van der Waals surface area contributed by atoms with Crippen molar-refractivity contribution in [3.63, 3.8) is 0 Å². The van der Waals surface area contributed by atoms with Crippen LogP contribution in [0.3, 0.4) is 0 Å². The van der Waals surface area contributed by atoms with E-state index in [2.05, 4.69) is 19.4 Å². The molecule has 168 valence electrons. The normalized spacial score (nSPS) is 29.0. The van der Waals surface area contributed by atoms with E-state index in [0.717, 1.165) is 68.3 Å². The van der Waals surface area contributed by atoms with Crippen LogP contribution >= 0.6 is 11.6 Å². The Labute approximate surface area is 184 Å². The molecule has 2 aromatic rings. The molecule has 0 aliphatic carbocycles. The number of halogens is 3. The van der Waals surface area contributed by atoms with Gasteiger partial charge in [-0.15, -0.1) is 0 Å². The van der Waals surface area contributed by atoms with Gasteiger partial charge in [0.05, 0.1) is 30.8 Å². The van der Waals surface area contributed by atoms with E-state index in [9.17, 15) is 8.78 Å². The lowest BCUT2D eigenvalue weighted by Crippen LogP contribution is -2.45. The summed E-state index contributed by atoms with van der Waals surface area (Å²) in [6.45, 7) is 3.57. The number of hydrogen-bond donors (Lipinski definition) is 0. The van der Waals surface area contributed by atoms with Crippen LogP contribution in [0, 0.1) is 0 Å². The number of imidazole rings is 1. The first-order valence-electron chi connectivity index (χ1n) is 11.2. The lowest BCUT2D eigenvalue weighted by molar-refractivity contribution is 0.00627. The SMILES string of the molecule is Cn1c(N2CCC(N3CCC(F)(F)C3)CC2)nc2c(N3C[C@H]4C[C@@H]3CO4)nc(Cl)cc21. The molecule has 0 saturated carbocycles. The molecule has 6 heterocycles. The molecule has 4 fully saturated rings. The van der Waals surface area contributed by atoms with Crippen LogP contribution in [-0.4, -0.2) is 82.9 Å². The molecule has 31 heavy (non-hydrogen) atoms. The highest BCUT2D eigenvalue weighted by Crippen LogP contribution is 2.38. The van der Waals surface area contributed by atoms with E-state index >= 15 is 0 Å². The fraction of sp³-hybridized carbons (Fsp3) is 0.714. The lowest BCUT2D eigenvalue weighted by Gasteiger charge is -2.37. The second-order valence-electron chi connectivity index (χ2n) is 9.40. The van der Waals surface area contributed by atoms with Gasteiger partial charge >= 0.3 is 0 Å². The number of piperidine rings is 1. The van der Waals surface area contributed by atoms with Gasteiger partial charge in [0.2, 0.25) is 5.95 Å². The molecule has 2 bridgehead atoms. The van der Waals surface area contributed by atoms with Crippen LogP contribution < -0.4 is 9.80 Å². The average molecular weight is 453 g/mol. The van der Waals surface area contributed by atoms with Crippen molar-refractivity contribution in [3.8, 4) is 0 Å². The molecular formula is C21H27ClF2N6O. The summed E-state index contributed by atoms with van der Waals surface area (Å²) >= 11 is 6.40. The summed E-state index contributed by atoms with van der Waals surface area (Å²) in [4.78, 5) is 16.2. The molecule has 4 saturated heterocycles. The predicted octanol–water partition coefficient (Wildman–Crippen LogP) is 2.91. The molecule has 2 atom stereocenters. The van der Waals surface area contributed by atoms with Crippen molar-refractivity contribution >= 4 is 34.4 Å². The summed E-state index contributed by atoms with van der Waals surface area (Å²) in [7, 11) is 2.01. The van der Waals surface area contributed by atoms with Crippen LogP contribution in [0.25, 0.3) is 11.0 Å². The molecule has 0 radical (unpaired) electrons. The summed E-state index contributed by atoms with van der Waals surface area (Å²) in [6, 6.07) is 2.44. The number of aromatic nitrogens is 3. The minimum Gasteiger partial charge on any atom is -0.374 e. The van der Waals surface area contributed by atoms with Crippen LogP contribution in [0.1, 0.15) is 25.7 Å². The van der Waals surface area contributed by atoms with Gasteiger partial charge in [-0.05, 0) is 19.3 Å². The van der Waals surface area contributed by atoms with Crippen molar-refractivity contribution in [2.75, 3.05) is 49.1 Å². The lowest BCUT2D eigenvalue weighted by atomic mass is 10.0. The summed E-state index contributed by atoms with van der Waals surface area (Å²) in [5, 5.41) is 0.467. The average Bonchev–Trinajstić information content (AvgIpc) is 3.52. The van der Waals surface area contributed by atoms with Crippen LogP contribution in [0.4, 0.5) is 20.5 Å². The molecule has 4 aliphatic rings. The number of fused-ring (bicyclic) bond motifs is 3. The number of nitrogens with zero attached hydrogens (tertiary/aromatic N) is 6. The zero-order chi connectivity index (χ0) is 21.3. The summed E-state index contributed by atoms with van der Waals surface area (Å²) in [6.07, 6.45) is 3.02. The zero-order valence-corrected chi connectivity index (χ0v) is 18.4. The second kappa shape index (κ2) is 7.15. The van der Waals surface area contributed by atoms with E-state index in [1.807, 2.05) is 18.0 Å². The fourth-order valence-electron chi connectivity index (χ4n) is 5.78. The number of ether oxygens (including phenoxy) is 1. The number of morpholine rings is 1. The van der Waals surface area contributed by atoms with E-state index in [1.54, 1.807) is 0 Å². The highest BCUT2D eigenvalue weighted by molar-refractivity contribution is 6.30. The third kappa shape index (κ3) is 3.36. The largest absolute Gasteiger partial charge is 0.374 e. The molecule has 7 nitrogen and oxygen atoms in total. The molecule has 0 unspecified atom stereocenters. The van der Waals surface area contributed by atoms with Gasteiger partial charge in [-0.25, -0.2) is 18.7 Å². The first-order valence-corrected chi connectivity index (χ1v) is 11.5. The molecule has 0 amide bonds. The molecule has 2 aromatic heterocycles. The molecule has 0 spiro atoms. The number of likely N-dealkylation sites (tertiary alicyclic amines) is 1. The Morgan fingerprint density at radius 3 is 2.61 bits per heavy atom. The van der Waals surface area contributed by atoms with Crippen molar-refractivity contribution in [1.82, 2.24) is 19.4 Å². The van der Waals surface area contributed by atoms with Crippen LogP contribution in [0.5, 0.6) is 0 Å². The van der Waals surface area contributed by atoms with Crippen LogP contribution in [0.2, 0.25) is 5.15 Å². The number of pyridine rings is 1. The number of alkyl halides is 2. The molecule has 0 aromatic carbocycles. The second-order valence-corrected chi connectivity index (χ2v) is 9.79. The maximum atomic E-state index is 13.6. The summed E-state index contributed by atoms with van der Waals surface area (Å²) < 4.78 is 35.1. The zero-order valence-electron chi connectivity index (χ0n) is 17.6. The van der Waals surface area contributed by atoms with E-state index < -0.39 is 5.92 Å². The molecule has 0 N–H and O–H groups in total. The van der Waals surface area contributed by atoms with Crippen molar-refractivity contribution in [1.29, 1.82) is 0 Å². The predicted molar refractivity (Wildman–Crippen MR) is 115 cm³/mol. The summed E-state index contributed by atoms with van der Waals surface area (Å²) in [5.41, 5.74) is 1.84. The van der Waals surface area contributed by atoms with Gasteiger partial charge in [-0.2, -0.15) is 0 Å². The number of hydrogen-bond acceptors (Lipinski definition) is 6. The number of rotatable bonds is 3. The quantitative estimate of drug-likeness (QED) is 0.667. The highest BCUT2D eigenvalue weighted by atomic mass is 35.5. The molecular weight excluding hydrogens is 426 g/mol. The Kier molecular flexibility index (Phi) is 4.60. The smallest absolute Gasteiger partial charge is 0.261 e. The van der Waals surface area contributed by atoms with Crippen LogP contribution in [-0.2, 0) is 11.8 Å². The Hall–Kier alpha value is -1.71. The minimum atomic E-state index is -2.53. The van der Waals surface area contributed by atoms with E-state index in [0.29, 0.717) is 17.7 Å². The van der Waals surface area contributed by atoms with Gasteiger partial charge in [0, 0.05) is 51.8 Å². The number of aryl methyl sites for hydroxylation is 1. The molecule has 6 rings (SSSR count). The van der Waals surface area contributed by atoms with Crippen molar-refractivity contribution < 1.29 is 13.5 Å². The van der Waals surface area contributed by atoms with E-state index in [4.69, 9.17) is 21.3 Å². The minimum absolute atomic E-state index is 0.0160. The van der Waals surface area contributed by atoms with Crippen molar-refractivity contribution in [3.05, 3.63) is 11.2 Å². The number of anilines is 2. The van der Waals surface area contributed by atoms with Gasteiger partial charge in [-0.1, -0.05) is 11.6 Å². The Balaban J connectivity index is 1.25. The monoisotopic (exact) mass is 452 g/mol. The first-order chi connectivity index (χ1) is 14.9. The van der Waals surface area contributed by atoms with E-state index in [-0.39, 0.29) is 25.1 Å². The van der Waals surface area contributed by atoms with E-state index in [1.165, 1.54) is 0 Å². The van der Waals surface area contributed by atoms with Gasteiger partial charge in [0.1, 0.15) is 10.7 Å². The third-order valence-corrected chi connectivity index (χ3v) is 7.63. The topological polar surface area (TPSA) is 49.7 Å². The molecule has 10 heteroatoms. The summed E-state index contributed by atoms with van der Waals surface area (Å²) in [5.74, 6) is -0.794. The third-order valence-electron chi connectivity index (χ3n) is 7.43. The maximum absolute atomic E-state index is 13.6. The Morgan fingerprint density at radius 2 is 1.97 bits per heavy atom. The van der Waals surface area contributed by atoms with Gasteiger partial charge in [0.25, 0.3) is 5.92 Å². The highest BCUT2D eigenvalue weighted by Gasteiger charge is 2.42. The van der Waals surface area contributed by atoms with Gasteiger partial charge in [0.15, 0.2) is 5.82 Å². The first kappa shape index (κ1) is 19.9. The maximum Gasteiger partial charge on any atom is 0.261 e. The Bertz CT molecular complexity index is 1010. The Morgan fingerprint density at radius 1 is 1.16 bits per heavy atom. The molecule has 4 aliphatic heterocycles.